The summed E-state index contributed by atoms with van der Waals surface area (Å²) in [5, 5.41) is 3.04. The molecule has 1 aromatic heterocycles. The molecule has 0 radical (unpaired) electrons. The lowest BCUT2D eigenvalue weighted by atomic mass is 10.1. The Balaban J connectivity index is 1.39. The van der Waals surface area contributed by atoms with Crippen LogP contribution in [0.3, 0.4) is 0 Å². The summed E-state index contributed by atoms with van der Waals surface area (Å²) in [6.45, 7) is 6.40. The fraction of sp³-hybridized carbons (Fsp3) is 0.684. The molecule has 0 aromatic carbocycles. The monoisotopic (exact) mass is 362 g/mol. The van der Waals surface area contributed by atoms with Crippen molar-refractivity contribution in [2.24, 2.45) is 5.92 Å². The Morgan fingerprint density at radius 1 is 1.42 bits per heavy atom. The van der Waals surface area contributed by atoms with E-state index in [9.17, 15) is 4.79 Å². The van der Waals surface area contributed by atoms with E-state index in [1.165, 1.54) is 0 Å². The number of likely N-dealkylation sites (N-methyl/N-ethyl adjacent to an activating group) is 1. The number of pyridine rings is 1. The maximum Gasteiger partial charge on any atom is 0.252 e. The fourth-order valence-electron chi connectivity index (χ4n) is 3.32. The zero-order chi connectivity index (χ0) is 18.4. The minimum absolute atomic E-state index is 0.0694. The molecule has 7 nitrogen and oxygen atoms in total. The first-order chi connectivity index (χ1) is 12.6. The van der Waals surface area contributed by atoms with E-state index in [4.69, 9.17) is 9.47 Å². The smallest absolute Gasteiger partial charge is 0.252 e. The Bertz CT molecular complexity index is 573. The van der Waals surface area contributed by atoms with Gasteiger partial charge in [-0.05, 0) is 39.0 Å². The summed E-state index contributed by atoms with van der Waals surface area (Å²) in [7, 11) is 4.19. The predicted octanol–water partition coefficient (Wildman–Crippen LogP) is 0.863. The average molecular weight is 362 g/mol. The summed E-state index contributed by atoms with van der Waals surface area (Å²) in [4.78, 5) is 21.2. The molecule has 1 aromatic rings. The molecule has 0 bridgehead atoms. The lowest BCUT2D eigenvalue weighted by molar-refractivity contribution is 0.0946. The zero-order valence-electron chi connectivity index (χ0n) is 15.8. The molecule has 0 aliphatic carbocycles. The van der Waals surface area contributed by atoms with Crippen LogP contribution in [0.25, 0.3) is 0 Å². The Morgan fingerprint density at radius 3 is 3.00 bits per heavy atom. The van der Waals surface area contributed by atoms with Crippen LogP contribution in [0, 0.1) is 5.92 Å². The highest BCUT2D eigenvalue weighted by atomic mass is 16.5. The van der Waals surface area contributed by atoms with Crippen molar-refractivity contribution in [3.05, 3.63) is 23.9 Å². The summed E-state index contributed by atoms with van der Waals surface area (Å²) < 4.78 is 11.0. The summed E-state index contributed by atoms with van der Waals surface area (Å²) >= 11 is 0. The number of aromatic nitrogens is 1. The maximum absolute atomic E-state index is 12.3. The van der Waals surface area contributed by atoms with Gasteiger partial charge in [0.1, 0.15) is 6.10 Å². The van der Waals surface area contributed by atoms with Crippen molar-refractivity contribution in [1.82, 2.24) is 20.1 Å². The van der Waals surface area contributed by atoms with Crippen molar-refractivity contribution < 1.29 is 14.3 Å². The van der Waals surface area contributed by atoms with Crippen LogP contribution in [0.2, 0.25) is 0 Å². The van der Waals surface area contributed by atoms with Crippen LogP contribution in [0.15, 0.2) is 18.3 Å². The molecule has 7 heteroatoms. The topological polar surface area (TPSA) is 66.9 Å². The zero-order valence-corrected chi connectivity index (χ0v) is 15.8. The number of carbonyl (C=O) groups excluding carboxylic acids is 1. The molecular weight excluding hydrogens is 332 g/mol. The molecule has 2 unspecified atom stereocenters. The van der Waals surface area contributed by atoms with Crippen molar-refractivity contribution in [3.63, 3.8) is 0 Å². The van der Waals surface area contributed by atoms with Crippen LogP contribution in [0.4, 0.5) is 0 Å². The number of carbonyl (C=O) groups is 1. The highest BCUT2D eigenvalue weighted by molar-refractivity contribution is 5.93. The third kappa shape index (κ3) is 5.65. The number of nitrogens with zero attached hydrogens (tertiary/aromatic N) is 3. The highest BCUT2D eigenvalue weighted by Gasteiger charge is 2.23. The highest BCUT2D eigenvalue weighted by Crippen LogP contribution is 2.16. The second-order valence-electron chi connectivity index (χ2n) is 7.46. The Hall–Kier alpha value is -1.70. The van der Waals surface area contributed by atoms with Gasteiger partial charge in [-0.2, -0.15) is 0 Å². The normalized spacial score (nSPS) is 23.5. The van der Waals surface area contributed by atoms with Crippen molar-refractivity contribution in [3.8, 4) is 5.88 Å². The number of ether oxygens (including phenoxy) is 2. The molecule has 144 valence electrons. The van der Waals surface area contributed by atoms with Gasteiger partial charge >= 0.3 is 0 Å². The molecule has 2 aliphatic rings. The number of amides is 1. The Labute approximate surface area is 155 Å². The number of rotatable bonds is 8. The molecule has 3 rings (SSSR count). The number of nitrogens with one attached hydrogen (secondary N) is 1. The first-order valence-electron chi connectivity index (χ1n) is 9.46. The second-order valence-corrected chi connectivity index (χ2v) is 7.46. The number of likely N-dealkylation sites (tertiary alicyclic amines) is 1. The number of hydrogen-bond donors (Lipinski definition) is 1. The van der Waals surface area contributed by atoms with Gasteiger partial charge < -0.3 is 24.6 Å². The quantitative estimate of drug-likeness (QED) is 0.740. The Kier molecular flexibility index (Phi) is 6.82. The van der Waals surface area contributed by atoms with E-state index < -0.39 is 0 Å². The van der Waals surface area contributed by atoms with Crippen LogP contribution < -0.4 is 10.1 Å². The molecule has 2 aliphatic heterocycles. The first kappa shape index (κ1) is 19.1. The van der Waals surface area contributed by atoms with Crippen molar-refractivity contribution in [2.75, 3.05) is 60.0 Å². The van der Waals surface area contributed by atoms with Gasteiger partial charge in [0.05, 0.1) is 18.8 Å². The van der Waals surface area contributed by atoms with Gasteiger partial charge in [0.2, 0.25) is 5.88 Å². The van der Waals surface area contributed by atoms with E-state index >= 15 is 0 Å². The van der Waals surface area contributed by atoms with Gasteiger partial charge in [-0.3, -0.25) is 4.79 Å². The minimum atomic E-state index is -0.0695. The maximum atomic E-state index is 12.3. The third-order valence-corrected chi connectivity index (χ3v) is 4.96. The summed E-state index contributed by atoms with van der Waals surface area (Å²) in [5.74, 6) is 1.00. The Morgan fingerprint density at radius 2 is 2.31 bits per heavy atom. The molecule has 1 N–H and O–H groups in total. The summed E-state index contributed by atoms with van der Waals surface area (Å²) in [6.07, 6.45) is 3.68. The lowest BCUT2D eigenvalue weighted by Crippen LogP contribution is -2.33. The minimum Gasteiger partial charge on any atom is -0.472 e. The molecule has 2 atom stereocenters. The largest absolute Gasteiger partial charge is 0.472 e. The SMILES string of the molecule is CN(C)CCN1CCC(CNC(=O)c2ccc(OC3CCOC3)nc2)C1. The molecule has 0 saturated carbocycles. The van der Waals surface area contributed by atoms with E-state index in [-0.39, 0.29) is 12.0 Å². The van der Waals surface area contributed by atoms with Gasteiger partial charge in [-0.1, -0.05) is 0 Å². The molecule has 26 heavy (non-hydrogen) atoms. The van der Waals surface area contributed by atoms with Crippen molar-refractivity contribution in [1.29, 1.82) is 0 Å². The number of hydrogen-bond acceptors (Lipinski definition) is 6. The van der Waals surface area contributed by atoms with E-state index in [0.29, 0.717) is 24.0 Å². The average Bonchev–Trinajstić information content (AvgIpc) is 3.30. The second kappa shape index (κ2) is 9.30. The van der Waals surface area contributed by atoms with Crippen molar-refractivity contribution in [2.45, 2.75) is 18.9 Å². The van der Waals surface area contributed by atoms with E-state index in [0.717, 1.165) is 52.2 Å². The standard InChI is InChI=1S/C19H30N4O3/c1-22(2)8-9-23-7-5-15(13-23)11-21-19(24)16-3-4-18(20-12-16)26-17-6-10-25-14-17/h3-4,12,15,17H,5-11,13-14H2,1-2H3,(H,21,24). The molecule has 1 amide bonds. The molecule has 2 fully saturated rings. The van der Waals surface area contributed by atoms with Crippen LogP contribution in [-0.4, -0.2) is 86.8 Å². The predicted molar refractivity (Wildman–Crippen MR) is 99.5 cm³/mol. The van der Waals surface area contributed by atoms with Crippen LogP contribution in [0.5, 0.6) is 5.88 Å². The molecule has 2 saturated heterocycles. The van der Waals surface area contributed by atoms with Gasteiger partial charge in [0.15, 0.2) is 0 Å². The van der Waals surface area contributed by atoms with E-state index in [1.54, 1.807) is 18.3 Å². The van der Waals surface area contributed by atoms with Crippen LogP contribution in [0.1, 0.15) is 23.2 Å². The molecular formula is C19H30N4O3. The summed E-state index contributed by atoms with van der Waals surface area (Å²) in [6, 6.07) is 3.53. The van der Waals surface area contributed by atoms with E-state index in [2.05, 4.69) is 34.2 Å². The van der Waals surface area contributed by atoms with Crippen LogP contribution >= 0.6 is 0 Å². The fourth-order valence-corrected chi connectivity index (χ4v) is 3.32. The van der Waals surface area contributed by atoms with Gasteiger partial charge in [0.25, 0.3) is 5.91 Å². The third-order valence-electron chi connectivity index (χ3n) is 4.96. The first-order valence-corrected chi connectivity index (χ1v) is 9.46. The van der Waals surface area contributed by atoms with Gasteiger partial charge in [-0.15, -0.1) is 0 Å². The summed E-state index contributed by atoms with van der Waals surface area (Å²) in [5.41, 5.74) is 0.572. The van der Waals surface area contributed by atoms with Gasteiger partial charge in [-0.25, -0.2) is 4.98 Å². The van der Waals surface area contributed by atoms with Crippen molar-refractivity contribution >= 4 is 5.91 Å². The van der Waals surface area contributed by atoms with E-state index in [1.807, 2.05) is 0 Å². The molecule has 3 heterocycles. The molecule has 0 spiro atoms. The van der Waals surface area contributed by atoms with Crippen LogP contribution in [-0.2, 0) is 4.74 Å². The van der Waals surface area contributed by atoms with Gasteiger partial charge in [0, 0.05) is 44.9 Å². The lowest BCUT2D eigenvalue weighted by Gasteiger charge is -2.18.